The lowest BCUT2D eigenvalue weighted by atomic mass is 9.75. The molecule has 250 valence electrons. The number of fused-ring (bicyclic) bond motifs is 2. The summed E-state index contributed by atoms with van der Waals surface area (Å²) in [5.41, 5.74) is 3.46. The Labute approximate surface area is 279 Å². The van der Waals surface area contributed by atoms with Crippen molar-refractivity contribution in [3.05, 3.63) is 70.3 Å². The SMILES string of the molecule is N#CC1=C(C#N)c2ccncc2CC1=O.N#CC1=C(N2CCC(CO)(CO)CC2)c2ccncc2CC1=O.OCC1(CO)CCCCC1. The molecule has 3 heterocycles. The molecule has 2 aromatic rings. The van der Waals surface area contributed by atoms with Gasteiger partial charge in [-0.2, -0.15) is 15.8 Å². The van der Waals surface area contributed by atoms with Crippen LogP contribution >= 0.6 is 0 Å². The van der Waals surface area contributed by atoms with E-state index >= 15 is 0 Å². The maximum atomic E-state index is 12.3. The number of pyridine rings is 2. The highest BCUT2D eigenvalue weighted by molar-refractivity contribution is 6.12. The van der Waals surface area contributed by atoms with Crippen molar-refractivity contribution < 1.29 is 30.0 Å². The molecule has 0 amide bonds. The van der Waals surface area contributed by atoms with Gasteiger partial charge in [0.1, 0.15) is 29.4 Å². The van der Waals surface area contributed by atoms with Gasteiger partial charge in [0.05, 0.1) is 37.7 Å². The number of Topliss-reactive ketones (excluding diaryl/α,β-unsaturated/α-hetero) is 2. The molecule has 2 aromatic heterocycles. The summed E-state index contributed by atoms with van der Waals surface area (Å²) in [6, 6.07) is 9.23. The molecular formula is C36H40N6O6. The fourth-order valence-electron chi connectivity index (χ4n) is 6.59. The third-order valence-corrected chi connectivity index (χ3v) is 9.81. The summed E-state index contributed by atoms with van der Waals surface area (Å²) in [7, 11) is 0. The largest absolute Gasteiger partial charge is 0.396 e. The van der Waals surface area contributed by atoms with Gasteiger partial charge < -0.3 is 25.3 Å². The number of aromatic nitrogens is 2. The molecule has 4 N–H and O–H groups in total. The number of allylic oxidation sites excluding steroid dienone is 3. The van der Waals surface area contributed by atoms with Crippen LogP contribution in [-0.2, 0) is 22.4 Å². The van der Waals surface area contributed by atoms with E-state index in [9.17, 15) is 25.1 Å². The highest BCUT2D eigenvalue weighted by Crippen LogP contribution is 2.38. The normalized spacial score (nSPS) is 19.2. The first-order valence-corrected chi connectivity index (χ1v) is 16.0. The predicted octanol–water partition coefficient (Wildman–Crippen LogP) is 2.44. The Balaban J connectivity index is 0.000000178. The second-order valence-corrected chi connectivity index (χ2v) is 12.8. The van der Waals surface area contributed by atoms with Gasteiger partial charge in [0.25, 0.3) is 0 Å². The molecule has 12 heteroatoms. The standard InChI is InChI=1S/C17H19N3O3.C11H5N3O.C8H16O2/c18-8-14-15(23)7-12-9-19-4-1-13(12)16(14)20-5-2-17(10-21,11-22)3-6-20;12-4-9-8-1-2-14-6-7(8)3-11(15)10(9)5-13;9-6-8(7-10)4-2-1-3-5-8/h1,4,9,21-22H,2-3,5-7,10-11H2;1-2,6H,3H2;9-10H,1-7H2. The molecule has 1 saturated carbocycles. The van der Waals surface area contributed by atoms with Gasteiger partial charge in [0, 0.05) is 72.7 Å². The van der Waals surface area contributed by atoms with Gasteiger partial charge in [0.2, 0.25) is 0 Å². The third kappa shape index (κ3) is 7.68. The Kier molecular flexibility index (Phi) is 12.3. The number of hydrogen-bond acceptors (Lipinski definition) is 12. The summed E-state index contributed by atoms with van der Waals surface area (Å²) in [6.07, 6.45) is 13.6. The molecule has 0 aromatic carbocycles. The Morgan fingerprint density at radius 3 is 1.58 bits per heavy atom. The summed E-state index contributed by atoms with van der Waals surface area (Å²) in [6.45, 7) is 1.39. The lowest BCUT2D eigenvalue weighted by Crippen LogP contribution is -2.44. The summed E-state index contributed by atoms with van der Waals surface area (Å²) in [5, 5.41) is 64.2. The van der Waals surface area contributed by atoms with E-state index in [2.05, 4.69) is 16.0 Å². The Morgan fingerprint density at radius 1 is 0.646 bits per heavy atom. The second-order valence-electron chi connectivity index (χ2n) is 12.8. The second kappa shape index (κ2) is 16.4. The Hall–Kier alpha value is -4.77. The van der Waals surface area contributed by atoms with Crippen LogP contribution in [0.3, 0.4) is 0 Å². The number of carbonyl (C=O) groups excluding carboxylic acids is 2. The smallest absolute Gasteiger partial charge is 0.179 e. The van der Waals surface area contributed by atoms with E-state index in [-0.39, 0.29) is 73.0 Å². The lowest BCUT2D eigenvalue weighted by Gasteiger charge is -2.42. The van der Waals surface area contributed by atoms with E-state index in [0.29, 0.717) is 42.8 Å². The molecule has 0 atom stereocenters. The number of nitriles is 3. The molecular weight excluding hydrogens is 612 g/mol. The van der Waals surface area contributed by atoms with Crippen LogP contribution in [-0.4, -0.2) is 86.4 Å². The number of likely N-dealkylation sites (tertiary alicyclic amines) is 1. The maximum absolute atomic E-state index is 12.3. The van der Waals surface area contributed by atoms with Crippen LogP contribution in [0.4, 0.5) is 0 Å². The first-order valence-electron chi connectivity index (χ1n) is 16.0. The van der Waals surface area contributed by atoms with Crippen LogP contribution < -0.4 is 0 Å². The highest BCUT2D eigenvalue weighted by Gasteiger charge is 2.37. The van der Waals surface area contributed by atoms with E-state index < -0.39 is 5.41 Å². The van der Waals surface area contributed by atoms with Crippen LogP contribution in [0, 0.1) is 44.8 Å². The van der Waals surface area contributed by atoms with Crippen molar-refractivity contribution in [3.8, 4) is 18.2 Å². The van der Waals surface area contributed by atoms with Crippen LogP contribution in [0.15, 0.2) is 48.1 Å². The number of carbonyl (C=O) groups is 2. The van der Waals surface area contributed by atoms with Crippen molar-refractivity contribution in [2.75, 3.05) is 39.5 Å². The van der Waals surface area contributed by atoms with Crippen LogP contribution in [0.1, 0.15) is 67.2 Å². The summed E-state index contributed by atoms with van der Waals surface area (Å²) >= 11 is 0. The van der Waals surface area contributed by atoms with Crippen molar-refractivity contribution in [1.29, 1.82) is 15.8 Å². The Bertz CT molecular complexity index is 1690. The summed E-state index contributed by atoms with van der Waals surface area (Å²) in [4.78, 5) is 33.7. The first kappa shape index (κ1) is 36.1. The fourth-order valence-corrected chi connectivity index (χ4v) is 6.59. The van der Waals surface area contributed by atoms with E-state index in [4.69, 9.17) is 20.7 Å². The van der Waals surface area contributed by atoms with Crippen LogP contribution in [0.2, 0.25) is 0 Å². The Morgan fingerprint density at radius 2 is 1.10 bits per heavy atom. The van der Waals surface area contributed by atoms with E-state index in [1.807, 2.05) is 17.0 Å². The van der Waals surface area contributed by atoms with Crippen molar-refractivity contribution in [3.63, 3.8) is 0 Å². The zero-order chi connectivity index (χ0) is 34.7. The highest BCUT2D eigenvalue weighted by atomic mass is 16.3. The van der Waals surface area contributed by atoms with Crippen molar-refractivity contribution in [1.82, 2.24) is 14.9 Å². The summed E-state index contributed by atoms with van der Waals surface area (Å²) in [5.74, 6) is -0.487. The minimum absolute atomic E-state index is 0.0452. The van der Waals surface area contributed by atoms with Crippen LogP contribution in [0.5, 0.6) is 0 Å². The molecule has 4 aliphatic rings. The van der Waals surface area contributed by atoms with Gasteiger partial charge >= 0.3 is 0 Å². The topological polar surface area (TPSA) is 215 Å². The zero-order valence-corrected chi connectivity index (χ0v) is 26.9. The minimum atomic E-state index is -0.469. The quantitative estimate of drug-likeness (QED) is 0.366. The number of ketones is 2. The van der Waals surface area contributed by atoms with Crippen molar-refractivity contribution in [2.24, 2.45) is 10.8 Å². The average molecular weight is 653 g/mol. The zero-order valence-electron chi connectivity index (χ0n) is 26.9. The lowest BCUT2D eigenvalue weighted by molar-refractivity contribution is -0.115. The van der Waals surface area contributed by atoms with Gasteiger partial charge in [-0.05, 0) is 48.9 Å². The molecule has 0 radical (unpaired) electrons. The molecule has 48 heavy (non-hydrogen) atoms. The van der Waals surface area contributed by atoms with Gasteiger partial charge in [-0.1, -0.05) is 19.3 Å². The van der Waals surface area contributed by atoms with E-state index in [1.54, 1.807) is 36.9 Å². The number of rotatable bonds is 5. The molecule has 0 bridgehead atoms. The number of hydrogen-bond donors (Lipinski definition) is 4. The molecule has 3 aliphatic carbocycles. The molecule has 1 saturated heterocycles. The number of piperidine rings is 1. The van der Waals surface area contributed by atoms with E-state index in [0.717, 1.165) is 24.0 Å². The van der Waals surface area contributed by atoms with Gasteiger partial charge in [-0.15, -0.1) is 0 Å². The molecule has 2 fully saturated rings. The number of nitrogens with zero attached hydrogens (tertiary/aromatic N) is 6. The first-order chi connectivity index (χ1) is 23.2. The van der Waals surface area contributed by atoms with Gasteiger partial charge in [-0.25, -0.2) is 0 Å². The minimum Gasteiger partial charge on any atom is -0.396 e. The molecule has 6 rings (SSSR count). The average Bonchev–Trinajstić information content (AvgIpc) is 3.14. The molecule has 0 unspecified atom stereocenters. The van der Waals surface area contributed by atoms with Crippen LogP contribution in [0.25, 0.3) is 11.3 Å². The number of aliphatic hydroxyl groups is 4. The maximum Gasteiger partial charge on any atom is 0.179 e. The molecule has 12 nitrogen and oxygen atoms in total. The molecule has 0 spiro atoms. The van der Waals surface area contributed by atoms with Gasteiger partial charge in [-0.3, -0.25) is 19.6 Å². The predicted molar refractivity (Wildman–Crippen MR) is 174 cm³/mol. The monoisotopic (exact) mass is 652 g/mol. The van der Waals surface area contributed by atoms with Crippen molar-refractivity contribution in [2.45, 2.75) is 57.8 Å². The van der Waals surface area contributed by atoms with Crippen molar-refractivity contribution >= 4 is 22.8 Å². The number of aliphatic hydroxyl groups excluding tert-OH is 4. The third-order valence-electron chi connectivity index (χ3n) is 9.81. The van der Waals surface area contributed by atoms with E-state index in [1.165, 1.54) is 19.3 Å². The van der Waals surface area contributed by atoms with Gasteiger partial charge in [0.15, 0.2) is 11.6 Å². The molecule has 1 aliphatic heterocycles. The fraction of sp³-hybridized carbons (Fsp3) is 0.472. The summed E-state index contributed by atoms with van der Waals surface area (Å²) < 4.78 is 0.